The number of halogens is 1. The topological polar surface area (TPSA) is 52.3 Å². The first-order valence-corrected chi connectivity index (χ1v) is 6.56. The van der Waals surface area contributed by atoms with Crippen LogP contribution in [0.2, 0.25) is 0 Å². The highest BCUT2D eigenvalue weighted by molar-refractivity contribution is 9.10. The third kappa shape index (κ3) is 2.79. The lowest BCUT2D eigenvalue weighted by molar-refractivity contribution is 0.103. The first-order valence-electron chi connectivity index (χ1n) is 5.77. The normalized spacial score (nSPS) is 10.3. The predicted octanol–water partition coefficient (Wildman–Crippen LogP) is 3.58. The number of carbonyl (C=O) groups excluding carboxylic acids is 1. The van der Waals surface area contributed by atoms with E-state index in [0.717, 1.165) is 15.8 Å². The van der Waals surface area contributed by atoms with Crippen molar-refractivity contribution in [2.45, 2.75) is 6.92 Å². The van der Waals surface area contributed by atoms with Crippen molar-refractivity contribution in [2.75, 3.05) is 12.8 Å². The molecule has 2 aromatic rings. The van der Waals surface area contributed by atoms with Crippen molar-refractivity contribution in [1.29, 1.82) is 0 Å². The lowest BCUT2D eigenvalue weighted by Crippen LogP contribution is -2.07. The summed E-state index contributed by atoms with van der Waals surface area (Å²) in [4.78, 5) is 12.5. The summed E-state index contributed by atoms with van der Waals surface area (Å²) < 4.78 is 5.99. The smallest absolute Gasteiger partial charge is 0.195 e. The molecular formula is C15H14BrNO2. The van der Waals surface area contributed by atoms with Crippen LogP contribution >= 0.6 is 15.9 Å². The molecular weight excluding hydrogens is 306 g/mol. The second-order valence-electron chi connectivity index (χ2n) is 4.24. The van der Waals surface area contributed by atoms with Crippen molar-refractivity contribution in [1.82, 2.24) is 0 Å². The summed E-state index contributed by atoms with van der Waals surface area (Å²) in [5, 5.41) is 0. The van der Waals surface area contributed by atoms with Crippen LogP contribution in [0, 0.1) is 6.92 Å². The Morgan fingerprint density at radius 1 is 1.16 bits per heavy atom. The SMILES string of the molecule is COc1ccc(C(=O)c2ccc(Br)cc2N)c(C)c1. The van der Waals surface area contributed by atoms with E-state index in [1.54, 1.807) is 31.4 Å². The highest BCUT2D eigenvalue weighted by atomic mass is 79.9. The van der Waals surface area contributed by atoms with E-state index >= 15 is 0 Å². The molecule has 0 atom stereocenters. The Labute approximate surface area is 120 Å². The van der Waals surface area contributed by atoms with Gasteiger partial charge < -0.3 is 10.5 Å². The Balaban J connectivity index is 2.44. The van der Waals surface area contributed by atoms with Crippen LogP contribution in [0.4, 0.5) is 5.69 Å². The van der Waals surface area contributed by atoms with Gasteiger partial charge in [0.2, 0.25) is 0 Å². The van der Waals surface area contributed by atoms with Crippen LogP contribution in [0.5, 0.6) is 5.75 Å². The molecule has 3 nitrogen and oxygen atoms in total. The Kier molecular flexibility index (Phi) is 3.90. The largest absolute Gasteiger partial charge is 0.497 e. The quantitative estimate of drug-likeness (QED) is 0.695. The number of rotatable bonds is 3. The Hall–Kier alpha value is -1.81. The molecule has 2 N–H and O–H groups in total. The van der Waals surface area contributed by atoms with Gasteiger partial charge in [-0.2, -0.15) is 0 Å². The number of methoxy groups -OCH3 is 1. The van der Waals surface area contributed by atoms with Crippen LogP contribution in [0.1, 0.15) is 21.5 Å². The van der Waals surface area contributed by atoms with Crippen LogP contribution in [0.15, 0.2) is 40.9 Å². The van der Waals surface area contributed by atoms with Crippen molar-refractivity contribution in [3.63, 3.8) is 0 Å². The lowest BCUT2D eigenvalue weighted by atomic mass is 9.98. The number of hydrogen-bond donors (Lipinski definition) is 1. The molecule has 0 radical (unpaired) electrons. The van der Waals surface area contributed by atoms with E-state index in [1.807, 2.05) is 19.1 Å². The maximum absolute atomic E-state index is 12.5. The van der Waals surface area contributed by atoms with Gasteiger partial charge >= 0.3 is 0 Å². The van der Waals surface area contributed by atoms with Crippen LogP contribution in [0.25, 0.3) is 0 Å². The fraction of sp³-hybridized carbons (Fsp3) is 0.133. The van der Waals surface area contributed by atoms with Crippen LogP contribution in [0.3, 0.4) is 0 Å². The van der Waals surface area contributed by atoms with E-state index in [1.165, 1.54) is 0 Å². The van der Waals surface area contributed by atoms with Crippen LogP contribution in [-0.4, -0.2) is 12.9 Å². The third-order valence-corrected chi connectivity index (χ3v) is 3.43. The van der Waals surface area contributed by atoms with Gasteiger partial charge in [0.15, 0.2) is 5.78 Å². The zero-order valence-electron chi connectivity index (χ0n) is 10.7. The second-order valence-corrected chi connectivity index (χ2v) is 5.16. The summed E-state index contributed by atoms with van der Waals surface area (Å²) in [5.74, 6) is 0.656. The molecule has 0 amide bonds. The summed E-state index contributed by atoms with van der Waals surface area (Å²) in [7, 11) is 1.60. The molecule has 19 heavy (non-hydrogen) atoms. The third-order valence-electron chi connectivity index (χ3n) is 2.94. The highest BCUT2D eigenvalue weighted by Crippen LogP contribution is 2.24. The minimum absolute atomic E-state index is 0.0786. The predicted molar refractivity (Wildman–Crippen MR) is 79.7 cm³/mol. The molecule has 0 fully saturated rings. The molecule has 0 saturated heterocycles. The van der Waals surface area contributed by atoms with Crippen LogP contribution < -0.4 is 10.5 Å². The first kappa shape index (κ1) is 13.6. The molecule has 0 aliphatic rings. The molecule has 0 aromatic heterocycles. The summed E-state index contributed by atoms with van der Waals surface area (Å²) >= 11 is 3.33. The number of hydrogen-bond acceptors (Lipinski definition) is 3. The number of carbonyl (C=O) groups is 1. The standard InChI is InChI=1S/C15H14BrNO2/c1-9-7-11(19-2)4-6-12(9)15(18)13-5-3-10(16)8-14(13)17/h3-8H,17H2,1-2H3. The number of nitrogens with two attached hydrogens (primary N) is 1. The molecule has 0 heterocycles. The monoisotopic (exact) mass is 319 g/mol. The van der Waals surface area contributed by atoms with Gasteiger partial charge in [0, 0.05) is 21.3 Å². The summed E-state index contributed by atoms with van der Waals surface area (Å²) in [5.41, 5.74) is 8.37. The zero-order valence-corrected chi connectivity index (χ0v) is 12.3. The van der Waals surface area contributed by atoms with Gasteiger partial charge in [0.25, 0.3) is 0 Å². The maximum atomic E-state index is 12.5. The molecule has 0 bridgehead atoms. The van der Waals surface area contributed by atoms with Gasteiger partial charge in [-0.05, 0) is 48.9 Å². The van der Waals surface area contributed by atoms with Gasteiger partial charge in [-0.15, -0.1) is 0 Å². The molecule has 0 aliphatic heterocycles. The molecule has 4 heteroatoms. The fourth-order valence-electron chi connectivity index (χ4n) is 1.90. The number of benzene rings is 2. The van der Waals surface area contributed by atoms with E-state index in [9.17, 15) is 4.79 Å². The van der Waals surface area contributed by atoms with Crippen molar-refractivity contribution in [2.24, 2.45) is 0 Å². The minimum atomic E-state index is -0.0786. The second kappa shape index (κ2) is 5.45. The molecule has 0 saturated carbocycles. The van der Waals surface area contributed by atoms with E-state index < -0.39 is 0 Å². The van der Waals surface area contributed by atoms with Gasteiger partial charge in [-0.1, -0.05) is 15.9 Å². The molecule has 0 spiro atoms. The first-order chi connectivity index (χ1) is 9.02. The number of anilines is 1. The average molecular weight is 320 g/mol. The van der Waals surface area contributed by atoms with Crippen molar-refractivity contribution >= 4 is 27.4 Å². The van der Waals surface area contributed by atoms with E-state index in [0.29, 0.717) is 16.8 Å². The Bertz CT molecular complexity index is 638. The number of ketones is 1. The zero-order chi connectivity index (χ0) is 14.0. The number of aryl methyl sites for hydroxylation is 1. The molecule has 98 valence electrons. The van der Waals surface area contributed by atoms with E-state index in [-0.39, 0.29) is 5.78 Å². The Morgan fingerprint density at radius 3 is 2.42 bits per heavy atom. The van der Waals surface area contributed by atoms with E-state index in [2.05, 4.69) is 15.9 Å². The van der Waals surface area contributed by atoms with Crippen molar-refractivity contribution < 1.29 is 9.53 Å². The molecule has 0 aliphatic carbocycles. The molecule has 2 rings (SSSR count). The number of ether oxygens (including phenoxy) is 1. The van der Waals surface area contributed by atoms with Crippen LogP contribution in [-0.2, 0) is 0 Å². The summed E-state index contributed by atoms with van der Waals surface area (Å²) in [6.07, 6.45) is 0. The highest BCUT2D eigenvalue weighted by Gasteiger charge is 2.15. The fourth-order valence-corrected chi connectivity index (χ4v) is 2.28. The van der Waals surface area contributed by atoms with Gasteiger partial charge in [0.1, 0.15) is 5.75 Å². The molecule has 0 unspecified atom stereocenters. The Morgan fingerprint density at radius 2 is 1.84 bits per heavy atom. The number of nitrogen functional groups attached to an aromatic ring is 1. The van der Waals surface area contributed by atoms with Crippen molar-refractivity contribution in [3.8, 4) is 5.75 Å². The summed E-state index contributed by atoms with van der Waals surface area (Å²) in [6.45, 7) is 1.88. The maximum Gasteiger partial charge on any atom is 0.195 e. The summed E-state index contributed by atoms with van der Waals surface area (Å²) in [6, 6.07) is 10.6. The average Bonchev–Trinajstić information content (AvgIpc) is 2.37. The van der Waals surface area contributed by atoms with E-state index in [4.69, 9.17) is 10.5 Å². The molecule has 2 aromatic carbocycles. The minimum Gasteiger partial charge on any atom is -0.497 e. The van der Waals surface area contributed by atoms with Gasteiger partial charge in [0.05, 0.1) is 7.11 Å². The lowest BCUT2D eigenvalue weighted by Gasteiger charge is -2.09. The van der Waals surface area contributed by atoms with Crippen molar-refractivity contribution in [3.05, 3.63) is 57.6 Å². The van der Waals surface area contributed by atoms with Gasteiger partial charge in [-0.25, -0.2) is 0 Å². The van der Waals surface area contributed by atoms with Gasteiger partial charge in [-0.3, -0.25) is 4.79 Å².